The van der Waals surface area contributed by atoms with Gasteiger partial charge in [-0.05, 0) is 15.2 Å². The zero-order valence-corrected chi connectivity index (χ0v) is 5.29. The Labute approximate surface area is 58.0 Å². The second-order valence-corrected chi connectivity index (χ2v) is 1.81. The van der Waals surface area contributed by atoms with Crippen molar-refractivity contribution >= 4 is 0 Å². The van der Waals surface area contributed by atoms with Gasteiger partial charge in [0.1, 0.15) is 6.61 Å². The molecule has 0 bridgehead atoms. The minimum Gasteiger partial charge on any atom is -0.197 e. The van der Waals surface area contributed by atoms with Gasteiger partial charge in [-0.3, -0.25) is 0 Å². The number of rotatable bonds is 3. The van der Waals surface area contributed by atoms with Crippen LogP contribution in [0.15, 0.2) is 30.3 Å². The second kappa shape index (κ2) is 3.98. The maximum absolute atomic E-state index is 11.0. The van der Waals surface area contributed by atoms with Gasteiger partial charge in [-0.2, -0.15) is 4.89 Å². The summed E-state index contributed by atoms with van der Waals surface area (Å²) < 4.78 is 11.0. The summed E-state index contributed by atoms with van der Waals surface area (Å²) in [5.74, 6) is 0. The van der Waals surface area contributed by atoms with E-state index in [2.05, 4.69) is 9.98 Å². The zero-order chi connectivity index (χ0) is 7.23. The van der Waals surface area contributed by atoms with Crippen molar-refractivity contribution < 1.29 is 14.5 Å². The predicted molar refractivity (Wildman–Crippen MR) is 33.4 cm³/mol. The van der Waals surface area contributed by atoms with Crippen molar-refractivity contribution in [2.75, 3.05) is 0 Å². The van der Waals surface area contributed by atoms with E-state index in [9.17, 15) is 4.53 Å². The molecule has 0 fully saturated rings. The minimum atomic E-state index is 0.136. The summed E-state index contributed by atoms with van der Waals surface area (Å²) in [7, 11) is 0. The highest BCUT2D eigenvalue weighted by molar-refractivity contribution is 5.13. The Morgan fingerprint density at radius 3 is 2.50 bits per heavy atom. The van der Waals surface area contributed by atoms with Crippen LogP contribution >= 0.6 is 0 Å². The highest BCUT2D eigenvalue weighted by Gasteiger charge is 1.89. The van der Waals surface area contributed by atoms with Crippen molar-refractivity contribution in [3.05, 3.63) is 35.9 Å². The van der Waals surface area contributed by atoms with Gasteiger partial charge >= 0.3 is 0 Å². The maximum atomic E-state index is 11.0. The summed E-state index contributed by atoms with van der Waals surface area (Å²) >= 11 is 0. The third-order valence-electron chi connectivity index (χ3n) is 1.11. The molecule has 0 aliphatic rings. The van der Waals surface area contributed by atoms with E-state index in [0.29, 0.717) is 0 Å². The summed E-state index contributed by atoms with van der Waals surface area (Å²) in [6, 6.07) is 9.20. The largest absolute Gasteiger partial charge is 0.197 e. The van der Waals surface area contributed by atoms with E-state index in [-0.39, 0.29) is 6.61 Å². The number of hydrogen-bond acceptors (Lipinski definition) is 2. The molecule has 0 spiro atoms. The van der Waals surface area contributed by atoms with Crippen molar-refractivity contribution in [3.8, 4) is 0 Å². The molecule has 3 heteroatoms. The summed E-state index contributed by atoms with van der Waals surface area (Å²) in [4.78, 5) is 4.05. The van der Waals surface area contributed by atoms with E-state index in [1.165, 1.54) is 0 Å². The molecule has 1 aromatic rings. The van der Waals surface area contributed by atoms with Crippen LogP contribution in [-0.2, 0) is 16.6 Å². The Morgan fingerprint density at radius 2 is 1.90 bits per heavy atom. The average Bonchev–Trinajstić information content (AvgIpc) is 2.03. The van der Waals surface area contributed by atoms with Crippen LogP contribution in [0.1, 0.15) is 5.56 Å². The molecule has 0 radical (unpaired) electrons. The lowest BCUT2D eigenvalue weighted by Gasteiger charge is -1.94. The van der Waals surface area contributed by atoms with Gasteiger partial charge in [-0.15, -0.1) is 0 Å². The van der Waals surface area contributed by atoms with E-state index in [1.807, 2.05) is 30.3 Å². The van der Waals surface area contributed by atoms with Crippen LogP contribution in [0.25, 0.3) is 0 Å². The third kappa shape index (κ3) is 2.13. The molecule has 0 atom stereocenters. The van der Waals surface area contributed by atoms with Gasteiger partial charge in [0, 0.05) is 0 Å². The molecule has 54 valence electrons. The summed E-state index contributed by atoms with van der Waals surface area (Å²) in [5.41, 5.74) is 0.875. The van der Waals surface area contributed by atoms with Gasteiger partial charge in [0.15, 0.2) is 0 Å². The van der Waals surface area contributed by atoms with E-state index in [0.717, 1.165) is 5.56 Å². The molecule has 0 saturated carbocycles. The highest BCUT2D eigenvalue weighted by atomic mass is 19.3. The molecule has 10 heavy (non-hydrogen) atoms. The highest BCUT2D eigenvalue weighted by Crippen LogP contribution is 2.00. The van der Waals surface area contributed by atoms with Crippen LogP contribution in [0.5, 0.6) is 0 Å². The average molecular weight is 142 g/mol. The molecule has 0 aromatic heterocycles. The number of benzene rings is 1. The fourth-order valence-electron chi connectivity index (χ4n) is 0.665. The van der Waals surface area contributed by atoms with Gasteiger partial charge in [-0.25, -0.2) is 0 Å². The van der Waals surface area contributed by atoms with E-state index in [4.69, 9.17) is 0 Å². The van der Waals surface area contributed by atoms with Crippen molar-refractivity contribution in [1.29, 1.82) is 0 Å². The first-order valence-corrected chi connectivity index (χ1v) is 2.87. The summed E-state index contributed by atoms with van der Waals surface area (Å²) in [6.07, 6.45) is 0. The fraction of sp³-hybridized carbons (Fsp3) is 0.143. The molecule has 0 aliphatic heterocycles. The normalized spacial score (nSPS) is 9.70. The topological polar surface area (TPSA) is 18.5 Å². The first-order chi connectivity index (χ1) is 4.93. The molecule has 0 saturated heterocycles. The number of hydrogen-bond donors (Lipinski definition) is 0. The first-order valence-electron chi connectivity index (χ1n) is 2.87. The van der Waals surface area contributed by atoms with Crippen LogP contribution in [0, 0.1) is 0 Å². The smallest absolute Gasteiger partial charge is 0.111 e. The molecular formula is C7H7FO2. The van der Waals surface area contributed by atoms with E-state index < -0.39 is 0 Å². The Balaban J connectivity index is 2.43. The Bertz CT molecular complexity index is 176. The summed E-state index contributed by atoms with van der Waals surface area (Å²) in [6.45, 7) is 0.136. The molecule has 0 N–H and O–H groups in total. The van der Waals surface area contributed by atoms with Crippen molar-refractivity contribution in [2.24, 2.45) is 0 Å². The lowest BCUT2D eigenvalue weighted by atomic mass is 10.2. The molecule has 2 nitrogen and oxygen atoms in total. The van der Waals surface area contributed by atoms with Crippen LogP contribution in [0.3, 0.4) is 0 Å². The number of halogens is 1. The van der Waals surface area contributed by atoms with Gasteiger partial charge in [-0.1, -0.05) is 30.3 Å². The molecule has 1 rings (SSSR count). The van der Waals surface area contributed by atoms with Crippen LogP contribution in [0.4, 0.5) is 4.53 Å². The van der Waals surface area contributed by atoms with Crippen LogP contribution in [0.2, 0.25) is 0 Å². The minimum absolute atomic E-state index is 0.136. The fourth-order valence-corrected chi connectivity index (χ4v) is 0.665. The standard InChI is InChI=1S/C7H7FO2/c8-10-9-6-7-4-2-1-3-5-7/h1-5H,6H2. The van der Waals surface area contributed by atoms with Crippen LogP contribution < -0.4 is 0 Å². The van der Waals surface area contributed by atoms with Gasteiger partial charge in [0.25, 0.3) is 0 Å². The van der Waals surface area contributed by atoms with Gasteiger partial charge < -0.3 is 0 Å². The van der Waals surface area contributed by atoms with Gasteiger partial charge in [0.05, 0.1) is 0 Å². The second-order valence-electron chi connectivity index (χ2n) is 1.81. The van der Waals surface area contributed by atoms with Crippen molar-refractivity contribution in [2.45, 2.75) is 6.61 Å². The molecule has 1 aromatic carbocycles. The molecule has 0 unspecified atom stereocenters. The Hall–Kier alpha value is -0.930. The zero-order valence-electron chi connectivity index (χ0n) is 5.29. The predicted octanol–water partition coefficient (Wildman–Crippen LogP) is 2.02. The lowest BCUT2D eigenvalue weighted by Crippen LogP contribution is -1.87. The quantitative estimate of drug-likeness (QED) is 0.474. The summed E-state index contributed by atoms with van der Waals surface area (Å²) in [5, 5.41) is 2.95. The first kappa shape index (κ1) is 7.18. The Kier molecular flexibility index (Phi) is 2.86. The molecule has 0 aliphatic carbocycles. The van der Waals surface area contributed by atoms with Crippen molar-refractivity contribution in [1.82, 2.24) is 0 Å². The lowest BCUT2D eigenvalue weighted by molar-refractivity contribution is -0.436. The third-order valence-corrected chi connectivity index (χ3v) is 1.11. The monoisotopic (exact) mass is 142 g/mol. The molecule has 0 amide bonds. The van der Waals surface area contributed by atoms with Crippen molar-refractivity contribution in [3.63, 3.8) is 0 Å². The molecular weight excluding hydrogens is 135 g/mol. The van der Waals surface area contributed by atoms with Gasteiger partial charge in [0.2, 0.25) is 0 Å². The van der Waals surface area contributed by atoms with Crippen LogP contribution in [-0.4, -0.2) is 0 Å². The molecule has 0 heterocycles. The Morgan fingerprint density at radius 1 is 1.20 bits per heavy atom. The SMILES string of the molecule is FOOCc1ccccc1. The van der Waals surface area contributed by atoms with E-state index >= 15 is 0 Å². The van der Waals surface area contributed by atoms with E-state index in [1.54, 1.807) is 0 Å². The maximum Gasteiger partial charge on any atom is 0.111 e.